The standard InChI is InChI=1S/C13H20N2O/c1-10(2)16-12-5-3-11(4-6-12)15-9-13(14)7-8-13/h3-6,10,15H,7-9,14H2,1-2H3. The molecule has 16 heavy (non-hydrogen) atoms. The molecule has 0 unspecified atom stereocenters. The number of nitrogens with one attached hydrogen (secondary N) is 1. The van der Waals surface area contributed by atoms with Gasteiger partial charge in [0.15, 0.2) is 0 Å². The van der Waals surface area contributed by atoms with Crippen LogP contribution >= 0.6 is 0 Å². The first kappa shape index (κ1) is 11.3. The van der Waals surface area contributed by atoms with Crippen LogP contribution < -0.4 is 15.8 Å². The molecule has 0 bridgehead atoms. The van der Waals surface area contributed by atoms with Gasteiger partial charge >= 0.3 is 0 Å². The Morgan fingerprint density at radius 2 is 1.94 bits per heavy atom. The van der Waals surface area contributed by atoms with Crippen LogP contribution in [0.25, 0.3) is 0 Å². The third-order valence-electron chi connectivity index (χ3n) is 2.76. The molecule has 0 spiro atoms. The molecule has 2 rings (SSSR count). The van der Waals surface area contributed by atoms with Crippen LogP contribution in [0.1, 0.15) is 26.7 Å². The SMILES string of the molecule is CC(C)Oc1ccc(NCC2(N)CC2)cc1. The molecule has 0 atom stereocenters. The fourth-order valence-corrected chi connectivity index (χ4v) is 1.54. The number of hydrogen-bond acceptors (Lipinski definition) is 3. The van der Waals surface area contributed by atoms with Crippen molar-refractivity contribution >= 4 is 5.69 Å². The summed E-state index contributed by atoms with van der Waals surface area (Å²) in [7, 11) is 0. The molecule has 1 aromatic rings. The number of hydrogen-bond donors (Lipinski definition) is 2. The van der Waals surface area contributed by atoms with E-state index in [1.165, 1.54) is 0 Å². The molecule has 1 saturated carbocycles. The van der Waals surface area contributed by atoms with Crippen LogP contribution in [-0.4, -0.2) is 18.2 Å². The van der Waals surface area contributed by atoms with Gasteiger partial charge in [-0.3, -0.25) is 0 Å². The van der Waals surface area contributed by atoms with Crippen molar-refractivity contribution in [2.45, 2.75) is 38.3 Å². The zero-order valence-corrected chi connectivity index (χ0v) is 9.99. The minimum Gasteiger partial charge on any atom is -0.491 e. The Labute approximate surface area is 97.0 Å². The zero-order valence-electron chi connectivity index (χ0n) is 9.99. The van der Waals surface area contributed by atoms with Crippen molar-refractivity contribution < 1.29 is 4.74 Å². The molecule has 0 amide bonds. The van der Waals surface area contributed by atoms with Gasteiger partial charge in [-0.05, 0) is 51.0 Å². The van der Waals surface area contributed by atoms with Gasteiger partial charge in [0.25, 0.3) is 0 Å². The van der Waals surface area contributed by atoms with Crippen molar-refractivity contribution in [3.8, 4) is 5.75 Å². The number of nitrogens with two attached hydrogens (primary N) is 1. The van der Waals surface area contributed by atoms with Crippen LogP contribution in [0.2, 0.25) is 0 Å². The third-order valence-corrected chi connectivity index (χ3v) is 2.76. The van der Waals surface area contributed by atoms with Crippen molar-refractivity contribution in [2.24, 2.45) is 5.73 Å². The Balaban J connectivity index is 1.86. The maximum atomic E-state index is 6.00. The Kier molecular flexibility index (Phi) is 3.06. The highest BCUT2D eigenvalue weighted by molar-refractivity contribution is 5.47. The second kappa shape index (κ2) is 4.34. The van der Waals surface area contributed by atoms with Crippen LogP contribution in [0.5, 0.6) is 5.75 Å². The first-order valence-corrected chi connectivity index (χ1v) is 5.87. The second-order valence-corrected chi connectivity index (χ2v) is 4.91. The lowest BCUT2D eigenvalue weighted by atomic mass is 10.2. The average Bonchev–Trinajstić information content (AvgIpc) is 2.96. The number of rotatable bonds is 5. The summed E-state index contributed by atoms with van der Waals surface area (Å²) >= 11 is 0. The Hall–Kier alpha value is -1.22. The van der Waals surface area contributed by atoms with E-state index in [0.717, 1.165) is 30.8 Å². The second-order valence-electron chi connectivity index (χ2n) is 4.91. The normalized spacial score (nSPS) is 17.2. The summed E-state index contributed by atoms with van der Waals surface area (Å²) in [6.45, 7) is 4.91. The number of benzene rings is 1. The van der Waals surface area contributed by atoms with E-state index in [-0.39, 0.29) is 11.6 Å². The molecule has 0 aromatic heterocycles. The summed E-state index contributed by atoms with van der Waals surface area (Å²) in [5.41, 5.74) is 7.16. The van der Waals surface area contributed by atoms with E-state index in [2.05, 4.69) is 5.32 Å². The molecule has 1 aliphatic rings. The molecule has 0 heterocycles. The van der Waals surface area contributed by atoms with E-state index in [1.807, 2.05) is 38.1 Å². The zero-order chi connectivity index (χ0) is 11.6. The molecule has 1 aliphatic carbocycles. The maximum Gasteiger partial charge on any atom is 0.119 e. The monoisotopic (exact) mass is 220 g/mol. The van der Waals surface area contributed by atoms with Crippen LogP contribution in [0.4, 0.5) is 5.69 Å². The molecule has 3 heteroatoms. The van der Waals surface area contributed by atoms with E-state index in [1.54, 1.807) is 0 Å². The lowest BCUT2D eigenvalue weighted by Crippen LogP contribution is -2.30. The van der Waals surface area contributed by atoms with Crippen molar-refractivity contribution in [1.29, 1.82) is 0 Å². The summed E-state index contributed by atoms with van der Waals surface area (Å²) in [5.74, 6) is 0.912. The van der Waals surface area contributed by atoms with E-state index < -0.39 is 0 Å². The van der Waals surface area contributed by atoms with Crippen molar-refractivity contribution in [1.82, 2.24) is 0 Å². The molecule has 3 N–H and O–H groups in total. The van der Waals surface area contributed by atoms with Gasteiger partial charge in [-0.2, -0.15) is 0 Å². The van der Waals surface area contributed by atoms with Gasteiger partial charge in [0.2, 0.25) is 0 Å². The van der Waals surface area contributed by atoms with Crippen molar-refractivity contribution in [3.05, 3.63) is 24.3 Å². The van der Waals surface area contributed by atoms with Gasteiger partial charge < -0.3 is 15.8 Å². The highest BCUT2D eigenvalue weighted by Crippen LogP contribution is 2.32. The van der Waals surface area contributed by atoms with Gasteiger partial charge in [0, 0.05) is 17.8 Å². The average molecular weight is 220 g/mol. The molecule has 0 aliphatic heterocycles. The first-order chi connectivity index (χ1) is 7.57. The number of ether oxygens (including phenoxy) is 1. The largest absolute Gasteiger partial charge is 0.491 e. The first-order valence-electron chi connectivity index (χ1n) is 5.87. The molecular weight excluding hydrogens is 200 g/mol. The van der Waals surface area contributed by atoms with Gasteiger partial charge in [0.05, 0.1) is 6.10 Å². The predicted octanol–water partition coefficient (Wildman–Crippen LogP) is 2.38. The molecule has 3 nitrogen and oxygen atoms in total. The van der Waals surface area contributed by atoms with E-state index in [4.69, 9.17) is 10.5 Å². The highest BCUT2D eigenvalue weighted by Gasteiger charge is 2.37. The minimum absolute atomic E-state index is 0.0487. The summed E-state index contributed by atoms with van der Waals surface area (Å²) in [6.07, 6.45) is 2.49. The fraction of sp³-hybridized carbons (Fsp3) is 0.538. The van der Waals surface area contributed by atoms with Crippen LogP contribution in [0.15, 0.2) is 24.3 Å². The molecular formula is C13H20N2O. The van der Waals surface area contributed by atoms with Gasteiger partial charge in [-0.25, -0.2) is 0 Å². The molecule has 0 radical (unpaired) electrons. The molecule has 0 saturated heterocycles. The van der Waals surface area contributed by atoms with E-state index in [0.29, 0.717) is 0 Å². The third kappa shape index (κ3) is 3.14. The summed E-state index contributed by atoms with van der Waals surface area (Å²) in [5, 5.41) is 3.35. The molecule has 88 valence electrons. The molecule has 1 aromatic carbocycles. The Morgan fingerprint density at radius 1 is 1.31 bits per heavy atom. The van der Waals surface area contributed by atoms with Crippen LogP contribution in [0, 0.1) is 0 Å². The lowest BCUT2D eigenvalue weighted by molar-refractivity contribution is 0.242. The van der Waals surface area contributed by atoms with Crippen molar-refractivity contribution in [2.75, 3.05) is 11.9 Å². The smallest absolute Gasteiger partial charge is 0.119 e. The summed E-state index contributed by atoms with van der Waals surface area (Å²) < 4.78 is 5.57. The number of anilines is 1. The maximum absolute atomic E-state index is 6.00. The van der Waals surface area contributed by atoms with E-state index >= 15 is 0 Å². The van der Waals surface area contributed by atoms with Gasteiger partial charge in [-0.15, -0.1) is 0 Å². The van der Waals surface area contributed by atoms with E-state index in [9.17, 15) is 0 Å². The van der Waals surface area contributed by atoms with Gasteiger partial charge in [0.1, 0.15) is 5.75 Å². The summed E-state index contributed by atoms with van der Waals surface area (Å²) in [4.78, 5) is 0. The van der Waals surface area contributed by atoms with Crippen LogP contribution in [0.3, 0.4) is 0 Å². The Bertz CT molecular complexity index is 341. The lowest BCUT2D eigenvalue weighted by Gasteiger charge is -2.13. The predicted molar refractivity (Wildman–Crippen MR) is 66.8 cm³/mol. The Morgan fingerprint density at radius 3 is 2.44 bits per heavy atom. The topological polar surface area (TPSA) is 47.3 Å². The van der Waals surface area contributed by atoms with Gasteiger partial charge in [-0.1, -0.05) is 0 Å². The minimum atomic E-state index is 0.0487. The highest BCUT2D eigenvalue weighted by atomic mass is 16.5. The quantitative estimate of drug-likeness (QED) is 0.801. The fourth-order valence-electron chi connectivity index (χ4n) is 1.54. The van der Waals surface area contributed by atoms with Crippen LogP contribution in [-0.2, 0) is 0 Å². The summed E-state index contributed by atoms with van der Waals surface area (Å²) in [6, 6.07) is 8.03. The van der Waals surface area contributed by atoms with Crippen molar-refractivity contribution in [3.63, 3.8) is 0 Å². The molecule has 1 fully saturated rings.